The second-order valence-corrected chi connectivity index (χ2v) is 6.60. The van der Waals surface area contributed by atoms with Gasteiger partial charge < -0.3 is 0 Å². The van der Waals surface area contributed by atoms with E-state index in [-0.39, 0.29) is 0 Å². The monoisotopic (exact) mass is 286 g/mol. The summed E-state index contributed by atoms with van der Waals surface area (Å²) >= 11 is 5.80. The van der Waals surface area contributed by atoms with Gasteiger partial charge in [0.1, 0.15) is 0 Å². The van der Waals surface area contributed by atoms with E-state index in [0.717, 1.165) is 0 Å². The number of fused-ring (bicyclic) bond motifs is 2. The third kappa shape index (κ3) is 2.85. The molecule has 0 N–H and O–H groups in total. The molecule has 15 heavy (non-hydrogen) atoms. The molecule has 0 saturated carbocycles. The van der Waals surface area contributed by atoms with E-state index in [9.17, 15) is 0 Å². The summed E-state index contributed by atoms with van der Waals surface area (Å²) < 4.78 is 1.44. The van der Waals surface area contributed by atoms with E-state index in [2.05, 4.69) is 22.9 Å². The lowest BCUT2D eigenvalue weighted by Crippen LogP contribution is -1.87. The molecular weight excluding hydrogens is 268 g/mol. The molecule has 0 nitrogen and oxygen atoms in total. The van der Waals surface area contributed by atoms with Crippen molar-refractivity contribution in [1.29, 1.82) is 0 Å². The Morgan fingerprint density at radius 1 is 0.933 bits per heavy atom. The number of halogens is 1. The van der Waals surface area contributed by atoms with Gasteiger partial charge in [-0.05, 0) is 54.1 Å². The summed E-state index contributed by atoms with van der Waals surface area (Å²) in [6.07, 6.45) is 11.0. The SMILES string of the molecule is Cc1sc2c(Br)c1CCCCCCCC2. The lowest BCUT2D eigenvalue weighted by Gasteiger charge is -2.01. The fourth-order valence-corrected chi connectivity index (χ4v) is 4.58. The first-order valence-electron chi connectivity index (χ1n) is 6.05. The molecule has 0 atom stereocenters. The lowest BCUT2D eigenvalue weighted by atomic mass is 10.1. The minimum absolute atomic E-state index is 1.28. The third-order valence-electron chi connectivity index (χ3n) is 3.29. The Hall–Kier alpha value is 0.180. The highest BCUT2D eigenvalue weighted by atomic mass is 79.9. The van der Waals surface area contributed by atoms with E-state index in [1.165, 1.54) is 60.7 Å². The zero-order valence-electron chi connectivity index (χ0n) is 9.44. The minimum atomic E-state index is 1.28. The number of aryl methyl sites for hydroxylation is 2. The Balaban J connectivity index is 2.19. The summed E-state index contributed by atoms with van der Waals surface area (Å²) in [5, 5.41) is 0. The van der Waals surface area contributed by atoms with Crippen LogP contribution in [0.2, 0.25) is 0 Å². The van der Waals surface area contributed by atoms with Crippen LogP contribution in [0.25, 0.3) is 0 Å². The Morgan fingerprint density at radius 2 is 1.53 bits per heavy atom. The molecule has 2 rings (SSSR count). The molecule has 1 aliphatic carbocycles. The van der Waals surface area contributed by atoms with Crippen molar-refractivity contribution in [3.63, 3.8) is 0 Å². The van der Waals surface area contributed by atoms with Crippen LogP contribution in [0, 0.1) is 6.92 Å². The molecule has 0 spiro atoms. The molecule has 1 aromatic rings. The molecule has 0 fully saturated rings. The highest BCUT2D eigenvalue weighted by Gasteiger charge is 2.13. The van der Waals surface area contributed by atoms with Crippen LogP contribution in [-0.4, -0.2) is 0 Å². The van der Waals surface area contributed by atoms with Gasteiger partial charge in [0.05, 0.1) is 0 Å². The van der Waals surface area contributed by atoms with E-state index in [1.54, 1.807) is 10.4 Å². The topological polar surface area (TPSA) is 0 Å². The molecule has 1 aliphatic rings. The van der Waals surface area contributed by atoms with Gasteiger partial charge in [-0.25, -0.2) is 0 Å². The van der Waals surface area contributed by atoms with Crippen molar-refractivity contribution in [3.05, 3.63) is 19.8 Å². The average molecular weight is 287 g/mol. The van der Waals surface area contributed by atoms with Gasteiger partial charge in [-0.15, -0.1) is 11.3 Å². The molecule has 0 unspecified atom stereocenters. The van der Waals surface area contributed by atoms with Crippen molar-refractivity contribution in [2.45, 2.75) is 58.3 Å². The first-order chi connectivity index (χ1) is 7.29. The van der Waals surface area contributed by atoms with Crippen LogP contribution in [0.3, 0.4) is 0 Å². The summed E-state index contributed by atoms with van der Waals surface area (Å²) in [5.74, 6) is 0. The molecule has 0 aliphatic heterocycles. The zero-order valence-corrected chi connectivity index (χ0v) is 11.8. The van der Waals surface area contributed by atoms with Gasteiger partial charge in [0.25, 0.3) is 0 Å². The van der Waals surface area contributed by atoms with Gasteiger partial charge in [-0.3, -0.25) is 0 Å². The lowest BCUT2D eigenvalue weighted by molar-refractivity contribution is 0.598. The van der Waals surface area contributed by atoms with Crippen molar-refractivity contribution in [3.8, 4) is 0 Å². The highest BCUT2D eigenvalue weighted by Crippen LogP contribution is 2.35. The van der Waals surface area contributed by atoms with Crippen LogP contribution in [0.4, 0.5) is 0 Å². The molecule has 0 saturated heterocycles. The molecule has 0 radical (unpaired) electrons. The smallest absolute Gasteiger partial charge is 0.0349 e. The summed E-state index contributed by atoms with van der Waals surface area (Å²) in [6.45, 7) is 2.28. The highest BCUT2D eigenvalue weighted by molar-refractivity contribution is 9.10. The van der Waals surface area contributed by atoms with Crippen LogP contribution in [-0.2, 0) is 12.8 Å². The van der Waals surface area contributed by atoms with E-state index >= 15 is 0 Å². The van der Waals surface area contributed by atoms with Crippen LogP contribution >= 0.6 is 27.3 Å². The normalized spacial score (nSPS) is 18.5. The predicted octanol–water partition coefficient (Wildman–Crippen LogP) is 5.26. The molecule has 1 aromatic heterocycles. The van der Waals surface area contributed by atoms with Crippen molar-refractivity contribution in [1.82, 2.24) is 0 Å². The third-order valence-corrected chi connectivity index (χ3v) is 5.72. The van der Waals surface area contributed by atoms with Crippen molar-refractivity contribution in [2.75, 3.05) is 0 Å². The zero-order chi connectivity index (χ0) is 10.7. The number of rotatable bonds is 0. The Morgan fingerprint density at radius 3 is 2.27 bits per heavy atom. The fourth-order valence-electron chi connectivity index (χ4n) is 2.36. The largest absolute Gasteiger partial charge is 0.144 e. The van der Waals surface area contributed by atoms with Gasteiger partial charge in [0.15, 0.2) is 0 Å². The van der Waals surface area contributed by atoms with E-state index in [1.807, 2.05) is 11.3 Å². The Kier molecular flexibility index (Phi) is 4.27. The second kappa shape index (κ2) is 5.49. The van der Waals surface area contributed by atoms with Gasteiger partial charge in [0.2, 0.25) is 0 Å². The first kappa shape index (κ1) is 11.7. The van der Waals surface area contributed by atoms with Crippen LogP contribution in [0.15, 0.2) is 4.47 Å². The van der Waals surface area contributed by atoms with E-state index < -0.39 is 0 Å². The van der Waals surface area contributed by atoms with Crippen LogP contribution in [0.1, 0.15) is 53.8 Å². The van der Waals surface area contributed by atoms with Crippen molar-refractivity contribution >= 4 is 27.3 Å². The first-order valence-corrected chi connectivity index (χ1v) is 7.66. The predicted molar refractivity (Wildman–Crippen MR) is 71.9 cm³/mol. The van der Waals surface area contributed by atoms with Gasteiger partial charge >= 0.3 is 0 Å². The Bertz CT molecular complexity index is 328. The molecule has 1 heterocycles. The average Bonchev–Trinajstić information content (AvgIpc) is 2.46. The second-order valence-electron chi connectivity index (χ2n) is 4.50. The molecular formula is C13H19BrS. The Labute approximate surface area is 105 Å². The van der Waals surface area contributed by atoms with Gasteiger partial charge in [-0.2, -0.15) is 0 Å². The van der Waals surface area contributed by atoms with Crippen LogP contribution in [0.5, 0.6) is 0 Å². The number of hydrogen-bond donors (Lipinski definition) is 0. The van der Waals surface area contributed by atoms with Crippen LogP contribution < -0.4 is 0 Å². The van der Waals surface area contributed by atoms with Crippen molar-refractivity contribution < 1.29 is 0 Å². The van der Waals surface area contributed by atoms with E-state index in [0.29, 0.717) is 0 Å². The summed E-state index contributed by atoms with van der Waals surface area (Å²) in [4.78, 5) is 3.13. The number of thiophene rings is 1. The summed E-state index contributed by atoms with van der Waals surface area (Å²) in [6, 6.07) is 0. The van der Waals surface area contributed by atoms with E-state index in [4.69, 9.17) is 0 Å². The quantitative estimate of drug-likeness (QED) is 0.610. The molecule has 84 valence electrons. The molecule has 0 aromatic carbocycles. The molecule has 0 amide bonds. The minimum Gasteiger partial charge on any atom is -0.144 e. The maximum absolute atomic E-state index is 3.79. The fraction of sp³-hybridized carbons (Fsp3) is 0.692. The molecule has 2 bridgehead atoms. The van der Waals surface area contributed by atoms with Crippen molar-refractivity contribution in [2.24, 2.45) is 0 Å². The number of hydrogen-bond acceptors (Lipinski definition) is 1. The van der Waals surface area contributed by atoms with Gasteiger partial charge in [-0.1, -0.05) is 25.7 Å². The summed E-state index contributed by atoms with van der Waals surface area (Å²) in [7, 11) is 0. The molecule has 2 heteroatoms. The maximum Gasteiger partial charge on any atom is 0.0349 e. The van der Waals surface area contributed by atoms with Gasteiger partial charge in [0, 0.05) is 14.2 Å². The standard InChI is InChI=1S/C13H19BrS/c1-10-11-8-6-4-2-3-5-7-9-12(15-10)13(11)14/h2-9H2,1H3. The summed E-state index contributed by atoms with van der Waals surface area (Å²) in [5.41, 5.74) is 1.59. The maximum atomic E-state index is 3.79.